The fourth-order valence-electron chi connectivity index (χ4n) is 0.785. The van der Waals surface area contributed by atoms with Crippen molar-refractivity contribution in [2.75, 3.05) is 0 Å². The van der Waals surface area contributed by atoms with Crippen molar-refractivity contribution in [1.29, 1.82) is 0 Å². The Morgan fingerprint density at radius 3 is 1.77 bits per heavy atom. The molecule has 0 aliphatic carbocycles. The Labute approximate surface area is 107 Å². The third-order valence-electron chi connectivity index (χ3n) is 1.36. The van der Waals surface area contributed by atoms with E-state index in [1.165, 1.54) is 18.2 Å². The maximum atomic E-state index is 10.4. The molecule has 1 rings (SSSR count). The van der Waals surface area contributed by atoms with Crippen molar-refractivity contribution >= 4 is 49.7 Å². The molecule has 2 N–H and O–H groups in total. The molecule has 4 nitrogen and oxygen atoms in total. The molecule has 0 amide bonds. The monoisotopic (exact) mass is 208 g/mol. The molecule has 0 radical (unpaired) electrons. The van der Waals surface area contributed by atoms with Gasteiger partial charge in [0.15, 0.2) is 0 Å². The second kappa shape index (κ2) is 5.21. The predicted molar refractivity (Wildman–Crippen MR) is 48.3 cm³/mol. The van der Waals surface area contributed by atoms with Crippen molar-refractivity contribution in [2.45, 2.75) is 0 Å². The summed E-state index contributed by atoms with van der Waals surface area (Å²) >= 11 is 0. The van der Waals surface area contributed by atoms with E-state index < -0.39 is 11.9 Å². The maximum absolute atomic E-state index is 10.4. The Morgan fingerprint density at radius 1 is 1.08 bits per heavy atom. The van der Waals surface area contributed by atoms with Gasteiger partial charge in [-0.25, -0.2) is 9.59 Å². The third kappa shape index (κ3) is 3.34. The topological polar surface area (TPSA) is 74.6 Å². The summed E-state index contributed by atoms with van der Waals surface area (Å²) in [5.74, 6) is -2.25. The molecule has 1 aromatic rings. The first-order chi connectivity index (χ1) is 5.61. The van der Waals surface area contributed by atoms with Gasteiger partial charge in [-0.1, -0.05) is 6.07 Å². The van der Waals surface area contributed by atoms with Gasteiger partial charge in [-0.3, -0.25) is 0 Å². The average Bonchev–Trinajstić information content (AvgIpc) is 2.04. The number of carboxylic acid groups (broad SMARTS) is 2. The van der Waals surface area contributed by atoms with Crippen LogP contribution < -0.4 is 0 Å². The largest absolute Gasteiger partial charge is 2.00 e. The number of rotatable bonds is 2. The zero-order valence-electron chi connectivity index (χ0n) is 8.73. The van der Waals surface area contributed by atoms with E-state index in [9.17, 15) is 9.59 Å². The standard InChI is InChI=1S/C8H6O4.Ca.2H/c9-7(10)5-2-1-3-6(4-5)8(11)12;;;/h1-4H,(H,9,10)(H,11,12);;;/q;+2;2*-1. The van der Waals surface area contributed by atoms with Crippen molar-refractivity contribution < 1.29 is 22.7 Å². The summed E-state index contributed by atoms with van der Waals surface area (Å²) in [5, 5.41) is 17.0. The van der Waals surface area contributed by atoms with Crippen LogP contribution in [-0.4, -0.2) is 59.9 Å². The molecule has 0 aromatic heterocycles. The molecule has 0 atom stereocenters. The van der Waals surface area contributed by atoms with Crippen LogP contribution in [0.3, 0.4) is 0 Å². The van der Waals surface area contributed by atoms with Gasteiger partial charge in [0.25, 0.3) is 0 Å². The van der Waals surface area contributed by atoms with Gasteiger partial charge in [0.2, 0.25) is 0 Å². The number of benzene rings is 1. The molecule has 66 valence electrons. The van der Waals surface area contributed by atoms with Crippen LogP contribution in [0.2, 0.25) is 0 Å². The molecular formula is C8H8CaO4. The van der Waals surface area contributed by atoms with E-state index in [1.807, 2.05) is 0 Å². The van der Waals surface area contributed by atoms with Crippen LogP contribution in [0.25, 0.3) is 0 Å². The summed E-state index contributed by atoms with van der Waals surface area (Å²) < 4.78 is 0. The van der Waals surface area contributed by atoms with Gasteiger partial charge in [0.1, 0.15) is 0 Å². The average molecular weight is 208 g/mol. The van der Waals surface area contributed by atoms with Crippen LogP contribution in [0.1, 0.15) is 23.6 Å². The molecule has 0 unspecified atom stereocenters. The van der Waals surface area contributed by atoms with Crippen LogP contribution in [0.15, 0.2) is 24.3 Å². The predicted octanol–water partition coefficient (Wildman–Crippen LogP) is 0.927. The third-order valence-corrected chi connectivity index (χ3v) is 1.36. The minimum Gasteiger partial charge on any atom is -1.00 e. The van der Waals surface area contributed by atoms with Crippen molar-refractivity contribution in [3.63, 3.8) is 0 Å². The molecule has 5 heteroatoms. The van der Waals surface area contributed by atoms with Crippen molar-refractivity contribution in [3.05, 3.63) is 35.4 Å². The fourth-order valence-corrected chi connectivity index (χ4v) is 0.785. The Hall–Kier alpha value is -0.580. The van der Waals surface area contributed by atoms with Crippen molar-refractivity contribution in [3.8, 4) is 0 Å². The first kappa shape index (κ1) is 12.4. The molecule has 0 spiro atoms. The molecule has 0 aliphatic rings. The summed E-state index contributed by atoms with van der Waals surface area (Å²) in [4.78, 5) is 20.8. The number of hydrogen-bond acceptors (Lipinski definition) is 2. The summed E-state index contributed by atoms with van der Waals surface area (Å²) in [6, 6.07) is 5.20. The van der Waals surface area contributed by atoms with Crippen LogP contribution in [0.4, 0.5) is 0 Å². The minimum absolute atomic E-state index is 0. The Morgan fingerprint density at radius 2 is 1.46 bits per heavy atom. The molecular weight excluding hydrogens is 200 g/mol. The van der Waals surface area contributed by atoms with Gasteiger partial charge in [-0.2, -0.15) is 0 Å². The molecule has 0 fully saturated rings. The fraction of sp³-hybridized carbons (Fsp3) is 0. The van der Waals surface area contributed by atoms with E-state index in [2.05, 4.69) is 0 Å². The second-order valence-electron chi connectivity index (χ2n) is 2.19. The van der Waals surface area contributed by atoms with Crippen molar-refractivity contribution in [2.24, 2.45) is 0 Å². The van der Waals surface area contributed by atoms with Gasteiger partial charge in [0.05, 0.1) is 11.1 Å². The van der Waals surface area contributed by atoms with Gasteiger partial charge >= 0.3 is 49.7 Å². The van der Waals surface area contributed by atoms with Gasteiger partial charge in [-0.15, -0.1) is 0 Å². The Balaban J connectivity index is -0.000000480. The van der Waals surface area contributed by atoms with Gasteiger partial charge < -0.3 is 13.1 Å². The molecule has 0 heterocycles. The Kier molecular flexibility index (Phi) is 4.98. The van der Waals surface area contributed by atoms with Crippen molar-refractivity contribution in [1.82, 2.24) is 0 Å². The SMILES string of the molecule is O=C(O)c1cccc(C(=O)O)c1.[Ca+2].[H-].[H-]. The molecule has 0 saturated carbocycles. The molecule has 0 bridgehead atoms. The van der Waals surface area contributed by atoms with E-state index in [1.54, 1.807) is 0 Å². The number of hydrogen-bond donors (Lipinski definition) is 2. The normalized spacial score (nSPS) is 8.62. The quantitative estimate of drug-likeness (QED) is 0.709. The van der Waals surface area contributed by atoms with E-state index in [0.29, 0.717) is 0 Å². The summed E-state index contributed by atoms with van der Waals surface area (Å²) in [6.07, 6.45) is 0. The van der Waals surface area contributed by atoms with E-state index in [4.69, 9.17) is 10.2 Å². The molecule has 0 saturated heterocycles. The number of carboxylic acids is 2. The number of aromatic carboxylic acids is 2. The smallest absolute Gasteiger partial charge is 1.00 e. The summed E-state index contributed by atoms with van der Waals surface area (Å²) in [7, 11) is 0. The van der Waals surface area contributed by atoms with Crippen LogP contribution in [0.5, 0.6) is 0 Å². The van der Waals surface area contributed by atoms with Crippen LogP contribution >= 0.6 is 0 Å². The van der Waals surface area contributed by atoms with Crippen LogP contribution in [-0.2, 0) is 0 Å². The molecule has 1 aromatic carbocycles. The summed E-state index contributed by atoms with van der Waals surface area (Å²) in [6.45, 7) is 0. The zero-order valence-corrected chi connectivity index (χ0v) is 8.94. The maximum Gasteiger partial charge on any atom is 2.00 e. The summed E-state index contributed by atoms with van der Waals surface area (Å²) in [5.41, 5.74) is -0.0372. The van der Waals surface area contributed by atoms with Gasteiger partial charge in [-0.05, 0) is 18.2 Å². The van der Waals surface area contributed by atoms with E-state index in [0.717, 1.165) is 6.07 Å². The van der Waals surface area contributed by atoms with E-state index in [-0.39, 0.29) is 51.7 Å². The first-order valence-electron chi connectivity index (χ1n) is 3.18. The van der Waals surface area contributed by atoms with Gasteiger partial charge in [0, 0.05) is 0 Å². The number of carbonyl (C=O) groups is 2. The Bertz CT molecular complexity index is 314. The minimum atomic E-state index is -1.13. The van der Waals surface area contributed by atoms with Crippen LogP contribution in [0, 0.1) is 0 Å². The van der Waals surface area contributed by atoms with E-state index >= 15 is 0 Å². The first-order valence-corrected chi connectivity index (χ1v) is 3.18. The zero-order chi connectivity index (χ0) is 9.14. The molecule has 13 heavy (non-hydrogen) atoms. The second-order valence-corrected chi connectivity index (χ2v) is 2.19. The molecule has 0 aliphatic heterocycles.